The Hall–Kier alpha value is -1.66. The van der Waals surface area contributed by atoms with Crippen LogP contribution in [0.5, 0.6) is 0 Å². The third-order valence-corrected chi connectivity index (χ3v) is 3.64. The second kappa shape index (κ2) is 6.45. The van der Waals surface area contributed by atoms with E-state index >= 15 is 0 Å². The maximum atomic E-state index is 11.7. The first-order valence-corrected chi connectivity index (χ1v) is 7.86. The van der Waals surface area contributed by atoms with E-state index < -0.39 is 38.9 Å². The average Bonchev–Trinajstić information content (AvgIpc) is 3.08. The molecule has 1 saturated heterocycles. The van der Waals surface area contributed by atoms with E-state index in [0.717, 1.165) is 0 Å². The van der Waals surface area contributed by atoms with E-state index in [1.165, 1.54) is 10.9 Å². The van der Waals surface area contributed by atoms with Crippen molar-refractivity contribution >= 4 is 25.5 Å². The fourth-order valence-electron chi connectivity index (χ4n) is 2.18. The molecule has 0 radical (unpaired) electrons. The summed E-state index contributed by atoms with van der Waals surface area (Å²) >= 11 is 0. The van der Waals surface area contributed by atoms with Gasteiger partial charge in [0.05, 0.1) is 6.33 Å². The number of fused-ring (bicyclic) bond motifs is 1. The summed E-state index contributed by atoms with van der Waals surface area (Å²) in [6.07, 6.45) is -2.17. The summed E-state index contributed by atoms with van der Waals surface area (Å²) in [5.41, 5.74) is 5.19. The van der Waals surface area contributed by atoms with E-state index in [-0.39, 0.29) is 23.5 Å². The van der Waals surface area contributed by atoms with Crippen molar-refractivity contribution in [2.24, 2.45) is 0 Å². The summed E-state index contributed by atoms with van der Waals surface area (Å²) in [6, 6.07) is 0. The highest BCUT2D eigenvalue weighted by Gasteiger charge is 2.38. The molecule has 1 aliphatic rings. The van der Waals surface area contributed by atoms with Crippen molar-refractivity contribution < 1.29 is 29.4 Å². The van der Waals surface area contributed by atoms with Crippen LogP contribution >= 0.6 is 8.38 Å². The monoisotopic (exact) mass is 347 g/mol. The second-order valence-electron chi connectivity index (χ2n) is 4.70. The summed E-state index contributed by atoms with van der Waals surface area (Å²) in [7, 11) is -2.13. The lowest BCUT2D eigenvalue weighted by atomic mass is 10.2. The number of nitrogen functional groups attached to an aromatic ring is 1. The van der Waals surface area contributed by atoms with Gasteiger partial charge >= 0.3 is 0 Å². The van der Waals surface area contributed by atoms with Gasteiger partial charge in [-0.1, -0.05) is 0 Å². The molecular weight excluding hydrogens is 333 g/mol. The molecule has 0 bridgehead atoms. The Morgan fingerprint density at radius 1 is 1.61 bits per heavy atom. The summed E-state index contributed by atoms with van der Waals surface area (Å²) in [5, 5.41) is 18.7. The van der Waals surface area contributed by atoms with Crippen molar-refractivity contribution in [3.05, 3.63) is 16.7 Å². The zero-order valence-corrected chi connectivity index (χ0v) is 12.5. The van der Waals surface area contributed by atoms with Gasteiger partial charge in [-0.25, -0.2) is 4.98 Å². The van der Waals surface area contributed by atoms with E-state index in [9.17, 15) is 9.90 Å². The smallest absolute Gasteiger partial charge is 0.280 e. The van der Waals surface area contributed by atoms with E-state index in [4.69, 9.17) is 25.4 Å². The van der Waals surface area contributed by atoms with E-state index in [0.29, 0.717) is 0 Å². The molecule has 23 heavy (non-hydrogen) atoms. The number of hydrogen-bond donors (Lipinski definition) is 5. The summed E-state index contributed by atoms with van der Waals surface area (Å²) < 4.78 is 11.3. The van der Waals surface area contributed by atoms with Gasteiger partial charge in [-0.15, -0.1) is 0 Å². The fourth-order valence-corrected chi connectivity index (χ4v) is 2.42. The quantitative estimate of drug-likeness (QED) is 0.243. The van der Waals surface area contributed by atoms with E-state index in [1.54, 1.807) is 0 Å². The minimum Gasteiger partial charge on any atom is -0.388 e. The lowest BCUT2D eigenvalue weighted by molar-refractivity contribution is -0.318. The molecule has 126 valence electrons. The number of ether oxygens (including phenoxy) is 1. The molecule has 0 saturated carbocycles. The minimum atomic E-state index is -2.13. The van der Waals surface area contributed by atoms with Crippen LogP contribution in [0.1, 0.15) is 12.6 Å². The lowest BCUT2D eigenvalue weighted by Gasteiger charge is -2.16. The Labute approximate surface area is 129 Å². The molecule has 1 fully saturated rings. The van der Waals surface area contributed by atoms with Gasteiger partial charge in [0.1, 0.15) is 12.5 Å². The molecule has 3 heterocycles. The SMILES string of the molecule is Nc1nc2c(ncn2[C@@H]2O[C@H](OOP(O)CO)C[C@@H]2O)c(=O)[nH]1. The van der Waals surface area contributed by atoms with Crippen LogP contribution in [-0.4, -0.2) is 53.4 Å². The van der Waals surface area contributed by atoms with Gasteiger partial charge in [0.15, 0.2) is 23.7 Å². The number of nitrogens with zero attached hydrogens (tertiary/aromatic N) is 3. The number of H-pyrrole nitrogens is 1. The Balaban J connectivity index is 1.81. The van der Waals surface area contributed by atoms with E-state index in [2.05, 4.69) is 19.6 Å². The number of anilines is 1. The molecule has 13 heteroatoms. The van der Waals surface area contributed by atoms with Gasteiger partial charge in [-0.3, -0.25) is 14.3 Å². The van der Waals surface area contributed by atoms with Crippen LogP contribution in [0.25, 0.3) is 11.2 Å². The maximum absolute atomic E-state index is 11.7. The van der Waals surface area contributed by atoms with Gasteiger partial charge in [0.2, 0.25) is 14.3 Å². The Morgan fingerprint density at radius 2 is 2.39 bits per heavy atom. The molecule has 1 unspecified atom stereocenters. The highest BCUT2D eigenvalue weighted by atomic mass is 31.2. The predicted octanol–water partition coefficient (Wildman–Crippen LogP) is -1.49. The average molecular weight is 347 g/mol. The topological polar surface area (TPSA) is 178 Å². The molecule has 4 atom stereocenters. The fraction of sp³-hybridized carbons (Fsp3) is 0.500. The number of nitrogens with one attached hydrogen (secondary N) is 1. The van der Waals surface area contributed by atoms with Gasteiger partial charge in [0.25, 0.3) is 5.56 Å². The zero-order valence-electron chi connectivity index (χ0n) is 11.6. The number of rotatable bonds is 5. The number of aliphatic hydroxyl groups excluding tert-OH is 2. The zero-order chi connectivity index (χ0) is 16.6. The first-order valence-electron chi connectivity index (χ1n) is 6.46. The van der Waals surface area contributed by atoms with E-state index in [1.807, 2.05) is 0 Å². The molecule has 2 aromatic heterocycles. The van der Waals surface area contributed by atoms with Crippen molar-refractivity contribution in [1.82, 2.24) is 19.5 Å². The van der Waals surface area contributed by atoms with Crippen LogP contribution < -0.4 is 11.3 Å². The number of nitrogens with two attached hydrogens (primary N) is 1. The second-order valence-corrected chi connectivity index (χ2v) is 5.84. The van der Waals surface area contributed by atoms with Crippen molar-refractivity contribution in [3.8, 4) is 0 Å². The Bertz CT molecular complexity index is 751. The number of imidazole rings is 1. The third-order valence-electron chi connectivity index (χ3n) is 3.14. The number of aromatic nitrogens is 4. The van der Waals surface area contributed by atoms with Crippen LogP contribution in [0.15, 0.2) is 11.1 Å². The predicted molar refractivity (Wildman–Crippen MR) is 75.5 cm³/mol. The molecular formula is C10H14N5O7P. The molecule has 0 spiro atoms. The summed E-state index contributed by atoms with van der Waals surface area (Å²) in [5.74, 6) is -0.0956. The van der Waals surface area contributed by atoms with Crippen LogP contribution in [0, 0.1) is 0 Å². The van der Waals surface area contributed by atoms with Gasteiger partial charge in [0, 0.05) is 6.42 Å². The molecule has 12 nitrogen and oxygen atoms in total. The molecule has 0 aromatic carbocycles. The molecule has 3 rings (SSSR count). The van der Waals surface area contributed by atoms with Crippen LogP contribution in [0.3, 0.4) is 0 Å². The van der Waals surface area contributed by atoms with Crippen molar-refractivity contribution in [1.29, 1.82) is 0 Å². The van der Waals surface area contributed by atoms with Crippen molar-refractivity contribution in [2.75, 3.05) is 12.1 Å². The molecule has 1 aliphatic heterocycles. The molecule has 0 aliphatic carbocycles. The highest BCUT2D eigenvalue weighted by molar-refractivity contribution is 7.45. The van der Waals surface area contributed by atoms with Crippen molar-refractivity contribution in [3.63, 3.8) is 0 Å². The summed E-state index contributed by atoms with van der Waals surface area (Å²) in [6.45, 7) is 0. The maximum Gasteiger partial charge on any atom is 0.280 e. The van der Waals surface area contributed by atoms with Gasteiger partial charge < -0.3 is 25.6 Å². The molecule has 6 N–H and O–H groups in total. The normalized spacial score (nSPS) is 26.0. The number of hydrogen-bond acceptors (Lipinski definition) is 10. The largest absolute Gasteiger partial charge is 0.388 e. The van der Waals surface area contributed by atoms with Crippen LogP contribution in [-0.2, 0) is 14.3 Å². The summed E-state index contributed by atoms with van der Waals surface area (Å²) in [4.78, 5) is 35.9. The third kappa shape index (κ3) is 3.19. The Morgan fingerprint density at radius 3 is 3.13 bits per heavy atom. The standard InChI is InChI=1S/C10H14N5O7P/c11-10-13-7-6(8(18)14-10)12-2-15(7)9-4(17)1-5(20-9)21-22-23(19)3-16/h2,4-5,9,16-17,19H,1,3H2,(H3,11,13,14,18)/t4-,5+,9+,23?/m0/s1. The first-order chi connectivity index (χ1) is 11.0. The van der Waals surface area contributed by atoms with Crippen LogP contribution in [0.2, 0.25) is 0 Å². The molecule has 2 aromatic rings. The first kappa shape index (κ1) is 16.2. The lowest BCUT2D eigenvalue weighted by Crippen LogP contribution is -2.20. The van der Waals surface area contributed by atoms with Gasteiger partial charge in [-0.05, 0) is 0 Å². The molecule has 0 amide bonds. The number of aromatic amines is 1. The number of aliphatic hydroxyl groups is 2. The Kier molecular flexibility index (Phi) is 4.55. The van der Waals surface area contributed by atoms with Crippen molar-refractivity contribution in [2.45, 2.75) is 25.0 Å². The highest BCUT2D eigenvalue weighted by Crippen LogP contribution is 2.35. The van der Waals surface area contributed by atoms with Crippen LogP contribution in [0.4, 0.5) is 5.95 Å². The minimum absolute atomic E-state index is 0.0393. The van der Waals surface area contributed by atoms with Gasteiger partial charge in [-0.2, -0.15) is 14.5 Å².